The van der Waals surface area contributed by atoms with Gasteiger partial charge in [0.1, 0.15) is 5.75 Å². The van der Waals surface area contributed by atoms with E-state index in [0.717, 1.165) is 71.9 Å². The summed E-state index contributed by atoms with van der Waals surface area (Å²) in [6, 6.07) is 10.7. The van der Waals surface area contributed by atoms with Crippen molar-refractivity contribution >= 4 is 33.4 Å². The summed E-state index contributed by atoms with van der Waals surface area (Å²) in [6.07, 6.45) is 7.95. The van der Waals surface area contributed by atoms with Crippen LogP contribution in [0.3, 0.4) is 0 Å². The first-order valence-electron chi connectivity index (χ1n) is 11.5. The van der Waals surface area contributed by atoms with Gasteiger partial charge in [-0.3, -0.25) is 0 Å². The number of aromatic nitrogens is 4. The number of hydrogen-bond donors (Lipinski definition) is 1. The number of benzene rings is 1. The van der Waals surface area contributed by atoms with Gasteiger partial charge in [-0.25, -0.2) is 9.97 Å². The molecule has 3 aromatic rings. The van der Waals surface area contributed by atoms with E-state index in [2.05, 4.69) is 58.9 Å². The lowest BCUT2D eigenvalue weighted by molar-refractivity contribution is 0.310. The summed E-state index contributed by atoms with van der Waals surface area (Å²) in [5, 5.41) is 8.71. The van der Waals surface area contributed by atoms with Gasteiger partial charge < -0.3 is 20.3 Å². The molecule has 2 fully saturated rings. The lowest BCUT2D eigenvalue weighted by Crippen LogP contribution is -2.54. The normalized spacial score (nSPS) is 19.7. The molecular weight excluding hydrogens is 482 g/mol. The SMILES string of the molecule is CCCCOc1ccccc1-c1cc(N2CC3CCC(C2)N3c2ncc(Br)cn2)c(N)nn1. The van der Waals surface area contributed by atoms with Crippen LogP contribution in [0.5, 0.6) is 5.75 Å². The van der Waals surface area contributed by atoms with Gasteiger partial charge in [0, 0.05) is 43.1 Å². The van der Waals surface area contributed by atoms with Gasteiger partial charge in [0.05, 0.1) is 22.5 Å². The molecule has 0 aliphatic carbocycles. The number of piperazine rings is 1. The Kier molecular flexibility index (Phi) is 6.30. The van der Waals surface area contributed by atoms with Crippen LogP contribution in [0, 0.1) is 0 Å². The highest BCUT2D eigenvalue weighted by Crippen LogP contribution is 2.38. The summed E-state index contributed by atoms with van der Waals surface area (Å²) in [5.41, 5.74) is 8.96. The summed E-state index contributed by atoms with van der Waals surface area (Å²) in [6.45, 7) is 4.54. The van der Waals surface area contributed by atoms with Crippen molar-refractivity contribution in [1.29, 1.82) is 0 Å². The Morgan fingerprint density at radius 2 is 1.82 bits per heavy atom. The van der Waals surface area contributed by atoms with Crippen molar-refractivity contribution in [2.45, 2.75) is 44.7 Å². The Bertz CT molecular complexity index is 1100. The van der Waals surface area contributed by atoms with Crippen LogP contribution in [0.25, 0.3) is 11.3 Å². The van der Waals surface area contributed by atoms with Gasteiger partial charge in [-0.2, -0.15) is 0 Å². The topological polar surface area (TPSA) is 93.3 Å². The van der Waals surface area contributed by atoms with Gasteiger partial charge in [-0.15, -0.1) is 10.2 Å². The second-order valence-electron chi connectivity index (χ2n) is 8.60. The van der Waals surface area contributed by atoms with Crippen molar-refractivity contribution in [3.05, 3.63) is 47.2 Å². The van der Waals surface area contributed by atoms with Crippen LogP contribution >= 0.6 is 15.9 Å². The first kappa shape index (κ1) is 21.9. The molecule has 9 heteroatoms. The van der Waals surface area contributed by atoms with Crippen molar-refractivity contribution < 1.29 is 4.74 Å². The van der Waals surface area contributed by atoms with E-state index < -0.39 is 0 Å². The second kappa shape index (κ2) is 9.51. The Morgan fingerprint density at radius 1 is 1.09 bits per heavy atom. The molecule has 4 heterocycles. The molecule has 0 amide bonds. The van der Waals surface area contributed by atoms with Crippen LogP contribution in [0.2, 0.25) is 0 Å². The van der Waals surface area contributed by atoms with Gasteiger partial charge in [0.25, 0.3) is 0 Å². The summed E-state index contributed by atoms with van der Waals surface area (Å²) in [5.74, 6) is 2.08. The molecule has 2 bridgehead atoms. The van der Waals surface area contributed by atoms with Crippen LogP contribution in [-0.2, 0) is 0 Å². The van der Waals surface area contributed by atoms with Crippen molar-refractivity contribution in [2.24, 2.45) is 0 Å². The Labute approximate surface area is 202 Å². The molecule has 5 rings (SSSR count). The lowest BCUT2D eigenvalue weighted by Gasteiger charge is -2.42. The number of halogens is 1. The zero-order valence-corrected chi connectivity index (χ0v) is 20.3. The third-order valence-electron chi connectivity index (χ3n) is 6.38. The molecule has 0 radical (unpaired) electrons. The average Bonchev–Trinajstić information content (AvgIpc) is 3.09. The predicted octanol–water partition coefficient (Wildman–Crippen LogP) is 4.31. The molecule has 2 aromatic heterocycles. The summed E-state index contributed by atoms with van der Waals surface area (Å²) in [7, 11) is 0. The van der Waals surface area contributed by atoms with E-state index in [0.29, 0.717) is 24.5 Å². The molecule has 0 saturated carbocycles. The quantitative estimate of drug-likeness (QED) is 0.470. The van der Waals surface area contributed by atoms with Gasteiger partial charge >= 0.3 is 0 Å². The van der Waals surface area contributed by atoms with Gasteiger partial charge in [0.15, 0.2) is 5.82 Å². The van der Waals surface area contributed by atoms with Crippen molar-refractivity contribution in [3.63, 3.8) is 0 Å². The number of nitrogens with two attached hydrogens (primary N) is 1. The fourth-order valence-electron chi connectivity index (χ4n) is 4.77. The van der Waals surface area contributed by atoms with Crippen molar-refractivity contribution in [3.8, 4) is 17.0 Å². The third-order valence-corrected chi connectivity index (χ3v) is 6.79. The van der Waals surface area contributed by atoms with E-state index in [4.69, 9.17) is 10.5 Å². The molecule has 2 atom stereocenters. The van der Waals surface area contributed by atoms with Gasteiger partial charge in [-0.1, -0.05) is 25.5 Å². The molecule has 1 aromatic carbocycles. The van der Waals surface area contributed by atoms with E-state index in [9.17, 15) is 0 Å². The number of hydrogen-bond acceptors (Lipinski definition) is 8. The molecule has 2 saturated heterocycles. The Balaban J connectivity index is 1.40. The standard InChI is InChI=1S/C24H28BrN7O/c1-2-3-10-33-22-7-5-4-6-19(22)20-11-21(23(26)30-29-20)31-14-17-8-9-18(15-31)32(17)24-27-12-16(25)13-28-24/h4-7,11-13,17-18H,2-3,8-10,14-15H2,1H3,(H2,26,30). The van der Waals surface area contributed by atoms with Crippen LogP contribution in [0.15, 0.2) is 47.2 Å². The van der Waals surface area contributed by atoms with Crippen molar-refractivity contribution in [1.82, 2.24) is 20.2 Å². The first-order chi connectivity index (χ1) is 16.1. The molecule has 2 aliphatic heterocycles. The van der Waals surface area contributed by atoms with Gasteiger partial charge in [-0.05, 0) is 53.4 Å². The largest absolute Gasteiger partial charge is 0.493 e. The van der Waals surface area contributed by atoms with Crippen LogP contribution in [-0.4, -0.2) is 51.9 Å². The highest BCUT2D eigenvalue weighted by atomic mass is 79.9. The number of para-hydroxylation sites is 1. The van der Waals surface area contributed by atoms with E-state index in [1.807, 2.05) is 36.7 Å². The summed E-state index contributed by atoms with van der Waals surface area (Å²) >= 11 is 3.42. The van der Waals surface area contributed by atoms with Crippen LogP contribution < -0.4 is 20.3 Å². The zero-order chi connectivity index (χ0) is 22.8. The molecule has 2 N–H and O–H groups in total. The number of fused-ring (bicyclic) bond motifs is 2. The number of nitrogens with zero attached hydrogens (tertiary/aromatic N) is 6. The Morgan fingerprint density at radius 3 is 2.55 bits per heavy atom. The summed E-state index contributed by atoms with van der Waals surface area (Å²) in [4.78, 5) is 13.8. The Hall–Kier alpha value is -2.94. The molecule has 8 nitrogen and oxygen atoms in total. The summed E-state index contributed by atoms with van der Waals surface area (Å²) < 4.78 is 6.91. The average molecular weight is 510 g/mol. The fourth-order valence-corrected chi connectivity index (χ4v) is 4.98. The number of ether oxygens (including phenoxy) is 1. The monoisotopic (exact) mass is 509 g/mol. The second-order valence-corrected chi connectivity index (χ2v) is 9.51. The minimum absolute atomic E-state index is 0.339. The number of rotatable bonds is 7. The predicted molar refractivity (Wildman–Crippen MR) is 134 cm³/mol. The number of anilines is 3. The molecule has 172 valence electrons. The molecule has 33 heavy (non-hydrogen) atoms. The maximum atomic E-state index is 6.32. The smallest absolute Gasteiger partial charge is 0.225 e. The molecule has 2 aliphatic rings. The van der Waals surface area contributed by atoms with E-state index in [1.54, 1.807) is 0 Å². The van der Waals surface area contributed by atoms with E-state index in [1.165, 1.54) is 0 Å². The zero-order valence-electron chi connectivity index (χ0n) is 18.7. The van der Waals surface area contributed by atoms with Crippen LogP contribution in [0.1, 0.15) is 32.6 Å². The highest BCUT2D eigenvalue weighted by Gasteiger charge is 2.42. The highest BCUT2D eigenvalue weighted by molar-refractivity contribution is 9.10. The maximum absolute atomic E-state index is 6.32. The number of unbranched alkanes of at least 4 members (excludes halogenated alkanes) is 1. The molecule has 2 unspecified atom stereocenters. The maximum Gasteiger partial charge on any atom is 0.225 e. The third kappa shape index (κ3) is 4.46. The van der Waals surface area contributed by atoms with Crippen LogP contribution in [0.4, 0.5) is 17.5 Å². The first-order valence-corrected chi connectivity index (χ1v) is 12.3. The molecule has 0 spiro atoms. The van der Waals surface area contributed by atoms with Crippen molar-refractivity contribution in [2.75, 3.05) is 35.2 Å². The van der Waals surface area contributed by atoms with Gasteiger partial charge in [0.2, 0.25) is 5.95 Å². The van der Waals surface area contributed by atoms with E-state index >= 15 is 0 Å². The fraction of sp³-hybridized carbons (Fsp3) is 0.417. The minimum Gasteiger partial charge on any atom is -0.493 e. The lowest BCUT2D eigenvalue weighted by atomic mass is 10.1. The number of nitrogen functional groups attached to an aromatic ring is 1. The van der Waals surface area contributed by atoms with E-state index in [-0.39, 0.29) is 0 Å². The molecular formula is C24H28BrN7O. The minimum atomic E-state index is 0.339.